The highest BCUT2D eigenvalue weighted by Crippen LogP contribution is 2.51. The second-order valence-electron chi connectivity index (χ2n) is 7.54. The number of fused-ring (bicyclic) bond motifs is 6. The van der Waals surface area contributed by atoms with Crippen molar-refractivity contribution in [2.24, 2.45) is 5.92 Å². The summed E-state index contributed by atoms with van der Waals surface area (Å²) in [6, 6.07) is 11.2. The molecule has 136 valence electrons. The number of aromatic nitrogens is 3. The Bertz CT molecular complexity index is 1160. The smallest absolute Gasteiger partial charge is 0.0907 e. The van der Waals surface area contributed by atoms with E-state index in [4.69, 9.17) is 4.74 Å². The minimum atomic E-state index is 0.111. The predicted octanol–water partition coefficient (Wildman–Crippen LogP) is 5.12. The monoisotopic (exact) mass is 376 g/mol. The summed E-state index contributed by atoms with van der Waals surface area (Å²) in [5, 5.41) is 13.5. The molecule has 5 nitrogen and oxygen atoms in total. The molecule has 6 heteroatoms. The summed E-state index contributed by atoms with van der Waals surface area (Å²) < 4.78 is 7.60. The Kier molecular flexibility index (Phi) is 3.34. The van der Waals surface area contributed by atoms with E-state index in [9.17, 15) is 0 Å². The van der Waals surface area contributed by atoms with Crippen LogP contribution in [0.15, 0.2) is 36.5 Å². The molecule has 4 heterocycles. The molecular weight excluding hydrogens is 356 g/mol. The second-order valence-corrected chi connectivity index (χ2v) is 8.77. The van der Waals surface area contributed by atoms with Crippen LogP contribution in [0.3, 0.4) is 0 Å². The van der Waals surface area contributed by atoms with Crippen molar-refractivity contribution >= 4 is 38.1 Å². The normalized spacial score (nSPS) is 24.6. The highest BCUT2D eigenvalue weighted by Gasteiger charge is 2.41. The fraction of sp³-hybridized carbons (Fsp3) is 0.333. The zero-order valence-electron chi connectivity index (χ0n) is 15.0. The highest BCUT2D eigenvalue weighted by atomic mass is 32.1. The van der Waals surface area contributed by atoms with Crippen LogP contribution in [0, 0.1) is 12.8 Å². The van der Waals surface area contributed by atoms with E-state index < -0.39 is 0 Å². The zero-order valence-corrected chi connectivity index (χ0v) is 15.8. The van der Waals surface area contributed by atoms with Crippen molar-refractivity contribution in [3.63, 3.8) is 0 Å². The van der Waals surface area contributed by atoms with Crippen molar-refractivity contribution in [3.05, 3.63) is 52.7 Å². The number of rotatable bonds is 1. The summed E-state index contributed by atoms with van der Waals surface area (Å²) in [6.07, 6.45) is 4.31. The average molecular weight is 376 g/mol. The molecule has 1 saturated heterocycles. The van der Waals surface area contributed by atoms with Crippen molar-refractivity contribution < 1.29 is 4.74 Å². The van der Waals surface area contributed by atoms with Crippen molar-refractivity contribution in [3.8, 4) is 0 Å². The van der Waals surface area contributed by atoms with E-state index >= 15 is 0 Å². The zero-order chi connectivity index (χ0) is 18.0. The van der Waals surface area contributed by atoms with Gasteiger partial charge in [-0.15, -0.1) is 11.3 Å². The Balaban J connectivity index is 1.51. The van der Waals surface area contributed by atoms with Crippen molar-refractivity contribution in [1.82, 2.24) is 15.2 Å². The maximum atomic E-state index is 6.34. The lowest BCUT2D eigenvalue weighted by Crippen LogP contribution is -2.36. The standard InChI is InChI=1S/C21H20N4OS/c1-11-23-16-5-4-12(9-18(16)27-11)20-13-3-2-8-26-21(13)19-14-10-22-25-15(14)6-7-17(19)24-20/h4-7,9-10,13,20-21,24H,2-3,8H2,1H3,(H,22,25)/t13-,20+,21-/m0/s1. The molecule has 0 spiro atoms. The molecule has 0 amide bonds. The number of thiazole rings is 1. The summed E-state index contributed by atoms with van der Waals surface area (Å²) in [5.74, 6) is 0.415. The first kappa shape index (κ1) is 15.6. The van der Waals surface area contributed by atoms with Gasteiger partial charge in [-0.2, -0.15) is 5.10 Å². The van der Waals surface area contributed by atoms with Crippen LogP contribution in [0.1, 0.15) is 41.1 Å². The molecule has 2 aromatic heterocycles. The Labute approximate surface area is 160 Å². The molecule has 2 aliphatic rings. The number of hydrogen-bond donors (Lipinski definition) is 2. The van der Waals surface area contributed by atoms with E-state index in [0.717, 1.165) is 41.2 Å². The molecule has 2 aliphatic heterocycles. The first-order valence-corrected chi connectivity index (χ1v) is 10.3. The van der Waals surface area contributed by atoms with Crippen molar-refractivity contribution in [1.29, 1.82) is 0 Å². The number of H-pyrrole nitrogens is 1. The summed E-state index contributed by atoms with van der Waals surface area (Å²) >= 11 is 1.77. The molecule has 0 unspecified atom stereocenters. The van der Waals surface area contributed by atoms with Gasteiger partial charge in [0.2, 0.25) is 0 Å². The molecule has 27 heavy (non-hydrogen) atoms. The topological polar surface area (TPSA) is 62.8 Å². The molecule has 0 aliphatic carbocycles. The Morgan fingerprint density at radius 1 is 1.22 bits per heavy atom. The van der Waals surface area contributed by atoms with Gasteiger partial charge in [0.05, 0.1) is 39.1 Å². The quantitative estimate of drug-likeness (QED) is 0.484. The van der Waals surface area contributed by atoms with Gasteiger partial charge in [-0.1, -0.05) is 6.07 Å². The molecule has 6 rings (SSSR count). The molecule has 2 N–H and O–H groups in total. The van der Waals surface area contributed by atoms with Crippen LogP contribution < -0.4 is 5.32 Å². The van der Waals surface area contributed by atoms with Crippen LogP contribution in [0.4, 0.5) is 5.69 Å². The van der Waals surface area contributed by atoms with Gasteiger partial charge in [-0.05, 0) is 49.6 Å². The van der Waals surface area contributed by atoms with Crippen LogP contribution in [0.25, 0.3) is 21.1 Å². The first-order valence-electron chi connectivity index (χ1n) is 9.49. The van der Waals surface area contributed by atoms with E-state index in [2.05, 4.69) is 57.8 Å². The van der Waals surface area contributed by atoms with Gasteiger partial charge < -0.3 is 10.1 Å². The molecule has 2 aromatic carbocycles. The van der Waals surface area contributed by atoms with Gasteiger partial charge in [0.15, 0.2) is 0 Å². The highest BCUT2D eigenvalue weighted by molar-refractivity contribution is 7.18. The second kappa shape index (κ2) is 5.78. The Morgan fingerprint density at radius 3 is 3.15 bits per heavy atom. The van der Waals surface area contributed by atoms with E-state index in [1.807, 2.05) is 6.20 Å². The van der Waals surface area contributed by atoms with Gasteiger partial charge >= 0.3 is 0 Å². The van der Waals surface area contributed by atoms with Crippen LogP contribution in [0.5, 0.6) is 0 Å². The minimum Gasteiger partial charge on any atom is -0.378 e. The van der Waals surface area contributed by atoms with Crippen LogP contribution >= 0.6 is 11.3 Å². The number of anilines is 1. The largest absolute Gasteiger partial charge is 0.378 e. The molecule has 4 aromatic rings. The number of nitrogens with one attached hydrogen (secondary N) is 2. The van der Waals surface area contributed by atoms with Crippen LogP contribution in [-0.4, -0.2) is 21.8 Å². The summed E-state index contributed by atoms with van der Waals surface area (Å²) in [4.78, 5) is 4.61. The summed E-state index contributed by atoms with van der Waals surface area (Å²) in [6.45, 7) is 2.90. The third-order valence-electron chi connectivity index (χ3n) is 5.94. The lowest BCUT2D eigenvalue weighted by atomic mass is 9.77. The number of benzene rings is 2. The number of nitrogens with zero attached hydrogens (tertiary/aromatic N) is 2. The van der Waals surface area contributed by atoms with Gasteiger partial charge in [0, 0.05) is 29.2 Å². The number of ether oxygens (including phenoxy) is 1. The molecular formula is C21H20N4OS. The number of aryl methyl sites for hydroxylation is 1. The Hall–Kier alpha value is -2.44. The maximum absolute atomic E-state index is 6.34. The minimum absolute atomic E-state index is 0.111. The van der Waals surface area contributed by atoms with Crippen LogP contribution in [-0.2, 0) is 4.74 Å². The number of hydrogen-bond acceptors (Lipinski definition) is 5. The average Bonchev–Trinajstić information content (AvgIpc) is 3.31. The molecule has 0 saturated carbocycles. The first-order chi connectivity index (χ1) is 13.3. The van der Waals surface area contributed by atoms with E-state index in [-0.39, 0.29) is 12.1 Å². The molecule has 3 atom stereocenters. The van der Waals surface area contributed by atoms with Crippen molar-refractivity contribution in [2.45, 2.75) is 31.9 Å². The molecule has 0 radical (unpaired) electrons. The Morgan fingerprint density at radius 2 is 2.19 bits per heavy atom. The lowest BCUT2D eigenvalue weighted by molar-refractivity contribution is -0.0372. The maximum Gasteiger partial charge on any atom is 0.0907 e. The summed E-state index contributed by atoms with van der Waals surface area (Å²) in [5.41, 5.74) is 5.91. The fourth-order valence-corrected chi connectivity index (χ4v) is 5.65. The third kappa shape index (κ3) is 2.33. The van der Waals surface area contributed by atoms with Gasteiger partial charge in [-0.3, -0.25) is 5.10 Å². The lowest BCUT2D eigenvalue weighted by Gasteiger charge is -2.43. The van der Waals surface area contributed by atoms with Crippen molar-refractivity contribution in [2.75, 3.05) is 11.9 Å². The van der Waals surface area contributed by atoms with E-state index in [1.165, 1.54) is 21.2 Å². The fourth-order valence-electron chi connectivity index (χ4n) is 4.77. The van der Waals surface area contributed by atoms with Gasteiger partial charge in [-0.25, -0.2) is 4.98 Å². The van der Waals surface area contributed by atoms with E-state index in [1.54, 1.807) is 11.3 Å². The molecule has 0 bridgehead atoms. The van der Waals surface area contributed by atoms with E-state index in [0.29, 0.717) is 5.92 Å². The number of aromatic amines is 1. The van der Waals surface area contributed by atoms with Gasteiger partial charge in [0.25, 0.3) is 0 Å². The third-order valence-corrected chi connectivity index (χ3v) is 6.87. The SMILES string of the molecule is Cc1nc2ccc([C@H]3Nc4ccc5[nH]ncc5c4[C@H]4OCCC[C@@H]34)cc2s1. The van der Waals surface area contributed by atoms with Gasteiger partial charge in [0.1, 0.15) is 0 Å². The summed E-state index contributed by atoms with van der Waals surface area (Å²) in [7, 11) is 0. The molecule has 1 fully saturated rings. The predicted molar refractivity (Wildman–Crippen MR) is 108 cm³/mol. The van der Waals surface area contributed by atoms with Crippen LogP contribution in [0.2, 0.25) is 0 Å².